The summed E-state index contributed by atoms with van der Waals surface area (Å²) in [6, 6.07) is 6.76. The van der Waals surface area contributed by atoms with Crippen LogP contribution in [0, 0.1) is 0 Å². The lowest BCUT2D eigenvalue weighted by molar-refractivity contribution is 0.0950. The van der Waals surface area contributed by atoms with Crippen molar-refractivity contribution in [3.8, 4) is 5.75 Å². The third-order valence-corrected chi connectivity index (χ3v) is 5.88. The average Bonchev–Trinajstić information content (AvgIpc) is 3.27. The molecule has 4 rings (SSSR count). The molecular formula is C23H26ClN7O4. The second-order valence-electron chi connectivity index (χ2n) is 7.98. The number of rotatable bonds is 9. The molecule has 1 fully saturated rings. The molecule has 2 aromatic heterocycles. The molecule has 3 aromatic rings. The van der Waals surface area contributed by atoms with E-state index < -0.39 is 12.0 Å². The number of aromatic nitrogens is 4. The molecule has 12 heteroatoms. The van der Waals surface area contributed by atoms with E-state index in [1.54, 1.807) is 42.6 Å². The minimum Gasteiger partial charge on any atom is -0.495 e. The van der Waals surface area contributed by atoms with Crippen LogP contribution in [0.25, 0.3) is 0 Å². The molecule has 4 N–H and O–H groups in total. The summed E-state index contributed by atoms with van der Waals surface area (Å²) < 4.78 is 5.20. The van der Waals surface area contributed by atoms with Gasteiger partial charge in [0.25, 0.3) is 5.91 Å². The normalized spacial score (nSPS) is 17.3. The highest BCUT2D eigenvalue weighted by Gasteiger charge is 2.32. The standard InChI is InChI=1S/C23H26ClN7O4/c1-35-19-4-3-14(7-18(19)24)9-27-21-17(22(34)28-11-20-25-5-2-6-26-20)10-29-23(30-21)31-12-16(33)8-15(31)13-32/h2-7,10,15-16,32-33H,8-9,11-13H2,1H3,(H,28,34)(H,27,29,30). The summed E-state index contributed by atoms with van der Waals surface area (Å²) in [6.07, 6.45) is 4.43. The van der Waals surface area contributed by atoms with E-state index in [4.69, 9.17) is 16.3 Å². The van der Waals surface area contributed by atoms with Crippen LogP contribution in [0.4, 0.5) is 11.8 Å². The van der Waals surface area contributed by atoms with Crippen LogP contribution < -0.4 is 20.3 Å². The van der Waals surface area contributed by atoms with Crippen molar-refractivity contribution in [3.63, 3.8) is 0 Å². The highest BCUT2D eigenvalue weighted by molar-refractivity contribution is 6.32. The lowest BCUT2D eigenvalue weighted by Gasteiger charge is -2.23. The number of benzene rings is 1. The lowest BCUT2D eigenvalue weighted by atomic mass is 10.2. The fourth-order valence-corrected chi connectivity index (χ4v) is 4.08. The van der Waals surface area contributed by atoms with Crippen LogP contribution in [0.15, 0.2) is 42.9 Å². The molecule has 184 valence electrons. The van der Waals surface area contributed by atoms with Crippen molar-refractivity contribution in [1.82, 2.24) is 25.3 Å². The van der Waals surface area contributed by atoms with Crippen molar-refractivity contribution in [3.05, 3.63) is 64.8 Å². The zero-order valence-electron chi connectivity index (χ0n) is 19.1. The quantitative estimate of drug-likeness (QED) is 0.340. The van der Waals surface area contributed by atoms with Gasteiger partial charge >= 0.3 is 0 Å². The molecule has 35 heavy (non-hydrogen) atoms. The van der Waals surface area contributed by atoms with E-state index in [9.17, 15) is 15.0 Å². The monoisotopic (exact) mass is 499 g/mol. The molecule has 1 aromatic carbocycles. The molecule has 2 atom stereocenters. The maximum Gasteiger partial charge on any atom is 0.256 e. The average molecular weight is 500 g/mol. The highest BCUT2D eigenvalue weighted by atomic mass is 35.5. The molecular weight excluding hydrogens is 474 g/mol. The summed E-state index contributed by atoms with van der Waals surface area (Å²) in [6.45, 7) is 0.608. The van der Waals surface area contributed by atoms with Gasteiger partial charge in [0.05, 0.1) is 37.4 Å². The van der Waals surface area contributed by atoms with E-state index in [0.717, 1.165) is 5.56 Å². The Morgan fingerprint density at radius 3 is 2.77 bits per heavy atom. The van der Waals surface area contributed by atoms with Gasteiger partial charge in [0.15, 0.2) is 0 Å². The van der Waals surface area contributed by atoms with Crippen molar-refractivity contribution < 1.29 is 19.7 Å². The van der Waals surface area contributed by atoms with Gasteiger partial charge in [0, 0.05) is 31.7 Å². The summed E-state index contributed by atoms with van der Waals surface area (Å²) in [5.74, 6) is 1.23. The number of aliphatic hydroxyl groups is 2. The predicted molar refractivity (Wildman–Crippen MR) is 129 cm³/mol. The van der Waals surface area contributed by atoms with Gasteiger partial charge in [-0.25, -0.2) is 15.0 Å². The zero-order valence-corrected chi connectivity index (χ0v) is 19.8. The SMILES string of the molecule is COc1ccc(CNc2nc(N3CC(O)CC3CO)ncc2C(=O)NCc2ncccn2)cc1Cl. The fourth-order valence-electron chi connectivity index (χ4n) is 3.80. The Labute approximate surface area is 207 Å². The Bertz CT molecular complexity index is 1170. The van der Waals surface area contributed by atoms with Crippen molar-refractivity contribution in [2.24, 2.45) is 0 Å². The number of nitrogens with one attached hydrogen (secondary N) is 2. The van der Waals surface area contributed by atoms with E-state index in [-0.39, 0.29) is 31.3 Å². The van der Waals surface area contributed by atoms with E-state index >= 15 is 0 Å². The molecule has 3 heterocycles. The number of nitrogens with zero attached hydrogens (tertiary/aromatic N) is 5. The van der Waals surface area contributed by atoms with Gasteiger partial charge in [-0.05, 0) is 30.2 Å². The second kappa shape index (κ2) is 11.3. The minimum absolute atomic E-state index is 0.139. The van der Waals surface area contributed by atoms with Gasteiger partial charge in [-0.15, -0.1) is 0 Å². The minimum atomic E-state index is -0.595. The van der Waals surface area contributed by atoms with E-state index in [0.29, 0.717) is 41.3 Å². The van der Waals surface area contributed by atoms with Crippen LogP contribution in [0.2, 0.25) is 5.02 Å². The zero-order chi connectivity index (χ0) is 24.8. The molecule has 0 aliphatic carbocycles. The van der Waals surface area contributed by atoms with Gasteiger partial charge in [-0.1, -0.05) is 17.7 Å². The van der Waals surface area contributed by atoms with Crippen molar-refractivity contribution >= 4 is 29.3 Å². The van der Waals surface area contributed by atoms with Crippen LogP contribution >= 0.6 is 11.6 Å². The number of β-amino-alcohol motifs (C(OH)–C–C–N with tert-alkyl or cyclic N) is 1. The number of aliphatic hydroxyl groups excluding tert-OH is 2. The molecule has 1 amide bonds. The first-order valence-electron chi connectivity index (χ1n) is 11.0. The Balaban J connectivity index is 1.58. The second-order valence-corrected chi connectivity index (χ2v) is 8.39. The van der Waals surface area contributed by atoms with Crippen LogP contribution in [0.5, 0.6) is 5.75 Å². The molecule has 2 unspecified atom stereocenters. The molecule has 0 bridgehead atoms. The Morgan fingerprint density at radius 1 is 1.26 bits per heavy atom. The number of methoxy groups -OCH3 is 1. The van der Waals surface area contributed by atoms with Crippen molar-refractivity contribution in [2.75, 3.05) is 30.5 Å². The van der Waals surface area contributed by atoms with Crippen LogP contribution in [-0.4, -0.2) is 68.5 Å². The van der Waals surface area contributed by atoms with Gasteiger partial charge in [0.1, 0.15) is 23.0 Å². The number of anilines is 2. The van der Waals surface area contributed by atoms with E-state index in [1.165, 1.54) is 6.20 Å². The summed E-state index contributed by atoms with van der Waals surface area (Å²) >= 11 is 6.24. The predicted octanol–water partition coefficient (Wildman–Crippen LogP) is 1.40. The molecule has 1 saturated heterocycles. The van der Waals surface area contributed by atoms with E-state index in [2.05, 4.69) is 30.6 Å². The number of hydrogen-bond acceptors (Lipinski definition) is 10. The molecule has 0 spiro atoms. The maximum atomic E-state index is 13.0. The summed E-state index contributed by atoms with van der Waals surface area (Å²) in [5, 5.41) is 26.2. The van der Waals surface area contributed by atoms with Gasteiger partial charge in [0.2, 0.25) is 5.95 Å². The largest absolute Gasteiger partial charge is 0.495 e. The summed E-state index contributed by atoms with van der Waals surface area (Å²) in [4.78, 5) is 31.8. The van der Waals surface area contributed by atoms with Crippen LogP contribution in [-0.2, 0) is 13.1 Å². The number of amides is 1. The first-order valence-corrected chi connectivity index (χ1v) is 11.4. The summed E-state index contributed by atoms with van der Waals surface area (Å²) in [5.41, 5.74) is 1.08. The van der Waals surface area contributed by atoms with Gasteiger partial charge < -0.3 is 30.5 Å². The van der Waals surface area contributed by atoms with Gasteiger partial charge in [-0.2, -0.15) is 4.98 Å². The van der Waals surface area contributed by atoms with Gasteiger partial charge in [-0.3, -0.25) is 4.79 Å². The number of halogens is 1. The summed E-state index contributed by atoms with van der Waals surface area (Å²) in [7, 11) is 1.54. The third-order valence-electron chi connectivity index (χ3n) is 5.58. The smallest absolute Gasteiger partial charge is 0.256 e. The maximum absolute atomic E-state index is 13.0. The first kappa shape index (κ1) is 24.6. The third kappa shape index (κ3) is 5.94. The number of hydrogen-bond donors (Lipinski definition) is 4. The van der Waals surface area contributed by atoms with Crippen LogP contribution in [0.3, 0.4) is 0 Å². The molecule has 0 radical (unpaired) electrons. The molecule has 1 aliphatic rings. The Morgan fingerprint density at radius 2 is 2.06 bits per heavy atom. The van der Waals surface area contributed by atoms with Crippen LogP contribution in [0.1, 0.15) is 28.2 Å². The van der Waals surface area contributed by atoms with E-state index in [1.807, 2.05) is 6.07 Å². The lowest BCUT2D eigenvalue weighted by Crippen LogP contribution is -2.34. The number of ether oxygens (including phenoxy) is 1. The fraction of sp³-hybridized carbons (Fsp3) is 0.348. The Hall–Kier alpha value is -3.54. The topological polar surface area (TPSA) is 146 Å². The molecule has 1 aliphatic heterocycles. The molecule has 11 nitrogen and oxygen atoms in total. The highest BCUT2D eigenvalue weighted by Crippen LogP contribution is 2.27. The Kier molecular flexibility index (Phi) is 7.91. The van der Waals surface area contributed by atoms with Crippen molar-refractivity contribution in [1.29, 1.82) is 0 Å². The number of carbonyl (C=O) groups excluding carboxylic acids is 1. The first-order chi connectivity index (χ1) is 17.0. The van der Waals surface area contributed by atoms with Crippen molar-refractivity contribution in [2.45, 2.75) is 31.7 Å². The molecule has 0 saturated carbocycles. The number of carbonyl (C=O) groups is 1.